The first kappa shape index (κ1) is 62.5. The van der Waals surface area contributed by atoms with Gasteiger partial charge in [0.25, 0.3) is 11.8 Å². The quantitative estimate of drug-likeness (QED) is 0.0371. The third kappa shape index (κ3) is 17.0. The van der Waals surface area contributed by atoms with Gasteiger partial charge in [0.2, 0.25) is 11.9 Å². The third-order valence-electron chi connectivity index (χ3n) is 11.1. The van der Waals surface area contributed by atoms with Gasteiger partial charge in [0, 0.05) is 30.9 Å². The van der Waals surface area contributed by atoms with Crippen molar-refractivity contribution in [3.63, 3.8) is 0 Å². The topological polar surface area (TPSA) is 111 Å². The lowest BCUT2D eigenvalue weighted by molar-refractivity contribution is -0.0000392. The fraction of sp³-hybridized carbons (Fsp3) is 0.259. The zero-order valence-electron chi connectivity index (χ0n) is 43.1. The van der Waals surface area contributed by atoms with E-state index in [-0.39, 0.29) is 40.9 Å². The molecule has 2 aromatic heterocycles. The van der Waals surface area contributed by atoms with Gasteiger partial charge in [0.15, 0.2) is 5.78 Å². The van der Waals surface area contributed by atoms with Gasteiger partial charge in [-0.05, 0) is 113 Å². The molecule has 0 aliphatic rings. The number of Topliss-reactive ketones (excluding diaryl/α,β-unsaturated/α-hetero) is 1. The molecule has 0 radical (unpaired) electrons. The van der Waals surface area contributed by atoms with Crippen LogP contribution in [0.25, 0.3) is 5.57 Å². The van der Waals surface area contributed by atoms with Crippen molar-refractivity contribution in [2.75, 3.05) is 21.7 Å². The Balaban J connectivity index is 0.000000352. The van der Waals surface area contributed by atoms with Gasteiger partial charge < -0.3 is 34.6 Å². The number of aryl methyl sites for hydroxylation is 4. The maximum atomic E-state index is 14.0. The Morgan fingerprint density at radius 3 is 1.31 bits per heavy atom. The number of allylic oxidation sites excluding steroid dienone is 3. The van der Waals surface area contributed by atoms with Crippen molar-refractivity contribution in [3.05, 3.63) is 204 Å². The molecule has 2 heterocycles. The molecule has 2 amide bonds. The van der Waals surface area contributed by atoms with Crippen LogP contribution in [0.2, 0.25) is 0 Å². The van der Waals surface area contributed by atoms with Gasteiger partial charge in [-0.2, -0.15) is 19.0 Å². The highest BCUT2D eigenvalue weighted by Crippen LogP contribution is 2.55. The number of halogens is 4. The minimum absolute atomic E-state index is 0. The highest BCUT2D eigenvalue weighted by molar-refractivity contribution is 14.1. The van der Waals surface area contributed by atoms with Crippen LogP contribution >= 0.6 is 29.9 Å². The highest BCUT2D eigenvalue weighted by Gasteiger charge is 2.44. The van der Waals surface area contributed by atoms with Gasteiger partial charge in [-0.3, -0.25) is 14.4 Å². The van der Waals surface area contributed by atoms with Crippen LogP contribution in [0.4, 0.5) is 20.2 Å². The Hall–Kier alpha value is -5.64. The fourth-order valence-electron chi connectivity index (χ4n) is 7.73. The number of nitrogens with zero attached hydrogens (tertiary/aromatic N) is 4. The molecule has 0 aliphatic carbocycles. The highest BCUT2D eigenvalue weighted by atomic mass is 127. The van der Waals surface area contributed by atoms with Crippen molar-refractivity contribution in [2.24, 2.45) is 14.1 Å². The fourth-order valence-corrected chi connectivity index (χ4v) is 12.2. The van der Waals surface area contributed by atoms with E-state index in [1.807, 2.05) is 43.0 Å². The van der Waals surface area contributed by atoms with E-state index >= 15 is 0 Å². The number of aromatic nitrogens is 4. The molecule has 14 heteroatoms. The number of alkyl halides is 1. The number of hydrogen-bond donors (Lipinski definition) is 2. The van der Waals surface area contributed by atoms with Gasteiger partial charge >= 0.3 is 0 Å². The minimum atomic E-state index is -1.57. The van der Waals surface area contributed by atoms with Gasteiger partial charge in [-0.1, -0.05) is 146 Å². The van der Waals surface area contributed by atoms with Crippen LogP contribution in [-0.2, 0) is 14.1 Å². The van der Waals surface area contributed by atoms with E-state index in [1.165, 1.54) is 55.9 Å². The summed E-state index contributed by atoms with van der Waals surface area (Å²) in [5, 5.41) is 17.6. The van der Waals surface area contributed by atoms with E-state index in [2.05, 4.69) is 161 Å². The van der Waals surface area contributed by atoms with Gasteiger partial charge in [-0.15, -0.1) is 6.58 Å². The third-order valence-corrected chi connectivity index (χ3v) is 15.6. The van der Waals surface area contributed by atoms with Crippen LogP contribution in [0.3, 0.4) is 0 Å². The first-order chi connectivity index (χ1) is 34.2. The monoisotopic (exact) mass is 1220 g/mol. The predicted octanol–water partition coefficient (Wildman–Crippen LogP) is 10.7. The first-order valence-electron chi connectivity index (χ1n) is 23.5. The van der Waals surface area contributed by atoms with Gasteiger partial charge in [-0.25, -0.2) is 9.36 Å². The standard InChI is InChI=1S/C22H24P.C18H22FN3O.C14H14FN3O2.C3H6.CH3I.HI/c1-2-3-19-23(20-13-7-4-8-14-20,21-15-9-5-10-16-21)22-17-11-6-12-18-22;1-5-6-9-12(2)14-10-7-8-11-15(14)20-18(23)16-13(3)21-22(4)17(16)19;1-8-12(13(15)18(3)17-8)14(20)16-11-7-5-4-6-10(11)9(2)19;1-3-2;1-2;/h4-18H,2-3,19H2,1H3;7-11H,5-6H2,1-4H3,(H,20,23);4-7H,1-3H3,(H,16,20);3H,1H2,2H3;1H3;1H/q+1;;;;;/p-1. The Kier molecular flexibility index (Phi) is 28.1. The summed E-state index contributed by atoms with van der Waals surface area (Å²) in [5.74, 6) is -2.62. The Morgan fingerprint density at radius 1 is 0.625 bits per heavy atom. The molecule has 0 fully saturated rings. The van der Waals surface area contributed by atoms with E-state index in [9.17, 15) is 23.2 Å². The van der Waals surface area contributed by atoms with E-state index in [0.717, 1.165) is 33.3 Å². The molecule has 0 bridgehead atoms. The summed E-state index contributed by atoms with van der Waals surface area (Å²) in [4.78, 5) is 38.0. The number of ketones is 1. The Labute approximate surface area is 457 Å². The maximum absolute atomic E-state index is 14.0. The largest absolute Gasteiger partial charge is 1.00 e. The molecule has 0 spiro atoms. The number of hydrogen-bond acceptors (Lipinski definition) is 5. The second-order valence-electron chi connectivity index (χ2n) is 16.3. The molecular formula is C58H69F2I2N6O3P. The summed E-state index contributed by atoms with van der Waals surface area (Å²) in [5.41, 5.74) is 3.97. The summed E-state index contributed by atoms with van der Waals surface area (Å²) in [7, 11) is 1.33. The molecule has 72 heavy (non-hydrogen) atoms. The minimum Gasteiger partial charge on any atom is -1.00 e. The summed E-state index contributed by atoms with van der Waals surface area (Å²) >= 11 is 2.15. The van der Waals surface area contributed by atoms with Crippen molar-refractivity contribution < 1.29 is 47.1 Å². The number of carbonyl (C=O) groups excluding carboxylic acids is 3. The molecular weight excluding hydrogens is 1150 g/mol. The number of benzene rings is 5. The van der Waals surface area contributed by atoms with Crippen molar-refractivity contribution in [3.8, 4) is 0 Å². The van der Waals surface area contributed by atoms with Gasteiger partial charge in [0.05, 0.1) is 23.2 Å². The molecule has 0 aliphatic heterocycles. The van der Waals surface area contributed by atoms with Crippen molar-refractivity contribution in [2.45, 2.75) is 74.1 Å². The predicted molar refractivity (Wildman–Crippen MR) is 304 cm³/mol. The zero-order chi connectivity index (χ0) is 52.5. The number of nitrogens with one attached hydrogen (secondary N) is 2. The van der Waals surface area contributed by atoms with Crippen molar-refractivity contribution in [1.29, 1.82) is 0 Å². The number of unbranched alkanes of at least 4 members (excludes halogenated alkanes) is 2. The summed E-state index contributed by atoms with van der Waals surface area (Å²) in [6, 6.07) is 47.5. The van der Waals surface area contributed by atoms with Crippen LogP contribution in [0.15, 0.2) is 158 Å². The van der Waals surface area contributed by atoms with Crippen LogP contribution in [-0.4, -0.2) is 48.3 Å². The average Bonchev–Trinajstić information content (AvgIpc) is 3.80. The Bertz CT molecular complexity index is 2720. The second-order valence-corrected chi connectivity index (χ2v) is 19.9. The summed E-state index contributed by atoms with van der Waals surface area (Å²) in [6.45, 7) is 16.2. The summed E-state index contributed by atoms with van der Waals surface area (Å²) in [6.07, 6.45) is 9.65. The summed E-state index contributed by atoms with van der Waals surface area (Å²) < 4.78 is 29.9. The lowest BCUT2D eigenvalue weighted by Crippen LogP contribution is -3.00. The van der Waals surface area contributed by atoms with E-state index in [0.29, 0.717) is 28.3 Å². The van der Waals surface area contributed by atoms with Gasteiger partial charge in [0.1, 0.15) is 34.3 Å². The second kappa shape index (κ2) is 32.4. The number of anilines is 2. The molecule has 7 rings (SSSR count). The molecule has 7 aromatic rings. The first-order valence-corrected chi connectivity index (χ1v) is 27.7. The zero-order valence-corrected chi connectivity index (χ0v) is 48.4. The molecule has 2 N–H and O–H groups in total. The average molecular weight is 1220 g/mol. The SMILES string of the molecule is C=CC.CC(=O)c1ccccc1NC(=O)c1c(C)nn(C)c1F.CCCC=C(C)c1ccccc1NC(=O)c1c(C)nn(C)c1F.CCCC[P+](c1ccccc1)(c1ccccc1)c1ccccc1.CI.[I-]. The van der Waals surface area contributed by atoms with Crippen LogP contribution in [0.5, 0.6) is 0 Å². The molecule has 5 aromatic carbocycles. The van der Waals surface area contributed by atoms with E-state index < -0.39 is 31.0 Å². The molecule has 0 saturated heterocycles. The number of amides is 2. The molecule has 0 atom stereocenters. The van der Waals surface area contributed by atoms with Crippen LogP contribution in [0, 0.1) is 25.7 Å². The smallest absolute Gasteiger partial charge is 0.262 e. The van der Waals surface area contributed by atoms with Crippen molar-refractivity contribution in [1.82, 2.24) is 19.6 Å². The van der Waals surface area contributed by atoms with E-state index in [4.69, 9.17) is 0 Å². The Morgan fingerprint density at radius 2 is 0.972 bits per heavy atom. The normalized spacial score (nSPS) is 10.5. The lowest BCUT2D eigenvalue weighted by Gasteiger charge is -2.27. The van der Waals surface area contributed by atoms with E-state index in [1.54, 1.807) is 44.2 Å². The number of rotatable bonds is 14. The molecule has 9 nitrogen and oxygen atoms in total. The number of carbonyl (C=O) groups is 3. The molecule has 0 saturated carbocycles. The van der Waals surface area contributed by atoms with Crippen molar-refractivity contribution >= 4 is 80.3 Å². The number of para-hydroxylation sites is 2. The maximum Gasteiger partial charge on any atom is 0.262 e. The lowest BCUT2D eigenvalue weighted by atomic mass is 10.0. The van der Waals surface area contributed by atoms with Crippen LogP contribution in [0.1, 0.15) is 108 Å². The molecule has 0 unspecified atom stereocenters. The molecule has 382 valence electrons. The van der Waals surface area contributed by atoms with Crippen LogP contribution < -0.4 is 50.5 Å².